The van der Waals surface area contributed by atoms with E-state index in [0.29, 0.717) is 36.8 Å². The first-order valence-electron chi connectivity index (χ1n) is 8.18. The van der Waals surface area contributed by atoms with E-state index >= 15 is 0 Å². The van der Waals surface area contributed by atoms with E-state index < -0.39 is 0 Å². The summed E-state index contributed by atoms with van der Waals surface area (Å²) in [5.41, 5.74) is 3.57. The highest BCUT2D eigenvalue weighted by atomic mass is 35.5. The van der Waals surface area contributed by atoms with Gasteiger partial charge in [-0.3, -0.25) is 9.59 Å². The first-order valence-corrected chi connectivity index (χ1v) is 8.55. The van der Waals surface area contributed by atoms with Gasteiger partial charge < -0.3 is 15.5 Å². The number of nitrogens with zero attached hydrogens (tertiary/aromatic N) is 1. The second-order valence-electron chi connectivity index (χ2n) is 6.15. The SMILES string of the molecule is Cc1ccc(CC(=O)Nc2ccc(N3CCNC(=O)C3)c(Cl)c2)cc1. The van der Waals surface area contributed by atoms with Crippen molar-refractivity contribution in [3.63, 3.8) is 0 Å². The van der Waals surface area contributed by atoms with Crippen molar-refractivity contribution in [2.75, 3.05) is 29.9 Å². The number of halogens is 1. The van der Waals surface area contributed by atoms with Crippen LogP contribution in [-0.2, 0) is 16.0 Å². The fourth-order valence-electron chi connectivity index (χ4n) is 2.78. The average molecular weight is 358 g/mol. The number of rotatable bonds is 4. The van der Waals surface area contributed by atoms with Crippen molar-refractivity contribution in [3.05, 3.63) is 58.6 Å². The van der Waals surface area contributed by atoms with Crippen LogP contribution >= 0.6 is 11.6 Å². The fraction of sp³-hybridized carbons (Fsp3) is 0.263. The molecule has 0 atom stereocenters. The molecule has 1 aliphatic rings. The molecule has 1 heterocycles. The normalized spacial score (nSPS) is 14.2. The molecule has 130 valence electrons. The predicted molar refractivity (Wildman–Crippen MR) is 100 cm³/mol. The Morgan fingerprint density at radius 3 is 2.68 bits per heavy atom. The van der Waals surface area contributed by atoms with Crippen molar-refractivity contribution in [2.24, 2.45) is 0 Å². The van der Waals surface area contributed by atoms with Crippen molar-refractivity contribution in [1.29, 1.82) is 0 Å². The summed E-state index contributed by atoms with van der Waals surface area (Å²) in [7, 11) is 0. The zero-order chi connectivity index (χ0) is 17.8. The van der Waals surface area contributed by atoms with E-state index in [9.17, 15) is 9.59 Å². The average Bonchev–Trinajstić information content (AvgIpc) is 2.57. The summed E-state index contributed by atoms with van der Waals surface area (Å²) >= 11 is 6.35. The molecule has 0 unspecified atom stereocenters. The van der Waals surface area contributed by atoms with Crippen LogP contribution in [0.5, 0.6) is 0 Å². The van der Waals surface area contributed by atoms with Crippen molar-refractivity contribution in [2.45, 2.75) is 13.3 Å². The Kier molecular flexibility index (Phi) is 5.24. The Balaban J connectivity index is 1.65. The van der Waals surface area contributed by atoms with Gasteiger partial charge in [0.1, 0.15) is 0 Å². The lowest BCUT2D eigenvalue weighted by Gasteiger charge is -2.29. The van der Waals surface area contributed by atoms with Crippen molar-refractivity contribution >= 4 is 34.8 Å². The lowest BCUT2D eigenvalue weighted by Crippen LogP contribution is -2.47. The molecule has 2 amide bonds. The Morgan fingerprint density at radius 2 is 2.00 bits per heavy atom. The van der Waals surface area contributed by atoms with Gasteiger partial charge in [0.15, 0.2) is 0 Å². The monoisotopic (exact) mass is 357 g/mol. The van der Waals surface area contributed by atoms with E-state index in [-0.39, 0.29) is 11.8 Å². The van der Waals surface area contributed by atoms with Crippen LogP contribution in [0.15, 0.2) is 42.5 Å². The van der Waals surface area contributed by atoms with Crippen LogP contribution in [0.3, 0.4) is 0 Å². The highest BCUT2D eigenvalue weighted by Crippen LogP contribution is 2.29. The van der Waals surface area contributed by atoms with Crippen LogP contribution in [-0.4, -0.2) is 31.4 Å². The van der Waals surface area contributed by atoms with E-state index in [2.05, 4.69) is 10.6 Å². The van der Waals surface area contributed by atoms with Gasteiger partial charge in [0.05, 0.1) is 23.7 Å². The summed E-state index contributed by atoms with van der Waals surface area (Å²) in [5, 5.41) is 6.16. The van der Waals surface area contributed by atoms with Gasteiger partial charge in [0.2, 0.25) is 11.8 Å². The van der Waals surface area contributed by atoms with Crippen LogP contribution in [0.2, 0.25) is 5.02 Å². The maximum Gasteiger partial charge on any atom is 0.239 e. The van der Waals surface area contributed by atoms with Gasteiger partial charge in [0, 0.05) is 18.8 Å². The Bertz CT molecular complexity index is 790. The molecule has 1 aliphatic heterocycles. The maximum atomic E-state index is 12.2. The lowest BCUT2D eigenvalue weighted by molar-refractivity contribution is -0.120. The maximum absolute atomic E-state index is 12.2. The number of hydrogen-bond donors (Lipinski definition) is 2. The molecule has 2 N–H and O–H groups in total. The number of nitrogens with one attached hydrogen (secondary N) is 2. The van der Waals surface area contributed by atoms with Crippen LogP contribution in [0.25, 0.3) is 0 Å². The second kappa shape index (κ2) is 7.57. The standard InChI is InChI=1S/C19H20ClN3O2/c1-13-2-4-14(5-3-13)10-18(24)22-15-6-7-17(16(20)11-15)23-9-8-21-19(25)12-23/h2-7,11H,8-10,12H2,1H3,(H,21,25)(H,22,24). The molecule has 0 spiro atoms. The largest absolute Gasteiger partial charge is 0.359 e. The molecule has 25 heavy (non-hydrogen) atoms. The van der Waals surface area contributed by atoms with E-state index in [1.807, 2.05) is 42.2 Å². The molecule has 5 nitrogen and oxygen atoms in total. The van der Waals surface area contributed by atoms with E-state index in [4.69, 9.17) is 11.6 Å². The third kappa shape index (κ3) is 4.51. The third-order valence-corrected chi connectivity index (χ3v) is 4.40. The van der Waals surface area contributed by atoms with Gasteiger partial charge in [-0.15, -0.1) is 0 Å². The second-order valence-corrected chi connectivity index (χ2v) is 6.56. The Hall–Kier alpha value is -2.53. The minimum atomic E-state index is -0.0926. The molecular weight excluding hydrogens is 338 g/mol. The summed E-state index contributed by atoms with van der Waals surface area (Å²) < 4.78 is 0. The number of anilines is 2. The van der Waals surface area contributed by atoms with Crippen molar-refractivity contribution in [1.82, 2.24) is 5.32 Å². The van der Waals surface area contributed by atoms with Gasteiger partial charge in [-0.25, -0.2) is 0 Å². The molecule has 2 aromatic rings. The van der Waals surface area contributed by atoms with Crippen molar-refractivity contribution in [3.8, 4) is 0 Å². The molecule has 1 saturated heterocycles. The summed E-state index contributed by atoms with van der Waals surface area (Å²) in [6.07, 6.45) is 0.311. The van der Waals surface area contributed by atoms with Crippen molar-refractivity contribution < 1.29 is 9.59 Å². The molecule has 0 bridgehead atoms. The number of carbonyl (C=O) groups is 2. The summed E-state index contributed by atoms with van der Waals surface area (Å²) in [5.74, 6) is -0.109. The highest BCUT2D eigenvalue weighted by molar-refractivity contribution is 6.33. The molecule has 0 aromatic heterocycles. The van der Waals surface area contributed by atoms with E-state index in [0.717, 1.165) is 16.8 Å². The van der Waals surface area contributed by atoms with Crippen LogP contribution in [0.4, 0.5) is 11.4 Å². The predicted octanol–water partition coefficient (Wildman–Crippen LogP) is 2.77. The summed E-state index contributed by atoms with van der Waals surface area (Å²) in [6, 6.07) is 13.2. The molecule has 2 aromatic carbocycles. The van der Waals surface area contributed by atoms with E-state index in [1.54, 1.807) is 12.1 Å². The van der Waals surface area contributed by atoms with Crippen LogP contribution in [0, 0.1) is 6.92 Å². The summed E-state index contributed by atoms with van der Waals surface area (Å²) in [6.45, 7) is 3.62. The number of carbonyl (C=O) groups excluding carboxylic acids is 2. The third-order valence-electron chi connectivity index (χ3n) is 4.10. The highest BCUT2D eigenvalue weighted by Gasteiger charge is 2.18. The molecule has 0 saturated carbocycles. The minimum absolute atomic E-state index is 0.0159. The molecule has 0 aliphatic carbocycles. The van der Waals surface area contributed by atoms with Crippen LogP contribution < -0.4 is 15.5 Å². The van der Waals surface area contributed by atoms with Gasteiger partial charge in [-0.1, -0.05) is 41.4 Å². The first kappa shape index (κ1) is 17.3. The molecule has 0 radical (unpaired) electrons. The van der Waals surface area contributed by atoms with Crippen LogP contribution in [0.1, 0.15) is 11.1 Å². The molecule has 6 heteroatoms. The summed E-state index contributed by atoms with van der Waals surface area (Å²) in [4.78, 5) is 25.6. The fourth-order valence-corrected chi connectivity index (χ4v) is 3.08. The Morgan fingerprint density at radius 1 is 1.24 bits per heavy atom. The topological polar surface area (TPSA) is 61.4 Å². The molecule has 3 rings (SSSR count). The quantitative estimate of drug-likeness (QED) is 0.884. The molecular formula is C19H20ClN3O2. The number of piperazine rings is 1. The number of aryl methyl sites for hydroxylation is 1. The van der Waals surface area contributed by atoms with Gasteiger partial charge >= 0.3 is 0 Å². The van der Waals surface area contributed by atoms with Gasteiger partial charge in [0.25, 0.3) is 0 Å². The zero-order valence-corrected chi connectivity index (χ0v) is 14.8. The molecule has 1 fully saturated rings. The number of benzene rings is 2. The van der Waals surface area contributed by atoms with E-state index in [1.165, 1.54) is 0 Å². The number of amides is 2. The van der Waals surface area contributed by atoms with Gasteiger partial charge in [-0.2, -0.15) is 0 Å². The lowest BCUT2D eigenvalue weighted by atomic mass is 10.1. The minimum Gasteiger partial charge on any atom is -0.359 e. The number of hydrogen-bond acceptors (Lipinski definition) is 3. The first-order chi connectivity index (χ1) is 12.0. The smallest absolute Gasteiger partial charge is 0.239 e. The van der Waals surface area contributed by atoms with Gasteiger partial charge in [-0.05, 0) is 30.7 Å². The zero-order valence-electron chi connectivity index (χ0n) is 14.0. The Labute approximate surface area is 152 Å².